The molecule has 0 aromatic carbocycles. The summed E-state index contributed by atoms with van der Waals surface area (Å²) in [6.45, 7) is 3.81. The Morgan fingerprint density at radius 2 is 2.05 bits per heavy atom. The molecule has 0 radical (unpaired) electrons. The fraction of sp³-hybridized carbons (Fsp3) is 0.727. The van der Waals surface area contributed by atoms with Crippen molar-refractivity contribution in [2.75, 3.05) is 20.1 Å². The smallest absolute Gasteiger partial charge is 0.262 e. The van der Waals surface area contributed by atoms with Gasteiger partial charge in [0.05, 0.1) is 6.33 Å². The molecule has 110 valence electrons. The van der Waals surface area contributed by atoms with E-state index in [1.807, 2.05) is 14.0 Å². The summed E-state index contributed by atoms with van der Waals surface area (Å²) in [5.41, 5.74) is 0. The number of hydrogen-bond donors (Lipinski definition) is 1. The predicted octanol–water partition coefficient (Wildman–Crippen LogP) is 0.697. The normalized spacial score (nSPS) is 18.2. The summed E-state index contributed by atoms with van der Waals surface area (Å²) in [4.78, 5) is 3.99. The average molecular weight is 309 g/mol. The van der Waals surface area contributed by atoms with E-state index in [1.54, 1.807) is 17.1 Å². The molecule has 1 saturated heterocycles. The molecule has 0 atom stereocenters. The molecule has 0 aliphatic carbocycles. The van der Waals surface area contributed by atoms with Crippen molar-refractivity contribution >= 4 is 22.4 Å². The van der Waals surface area contributed by atoms with E-state index >= 15 is 0 Å². The van der Waals surface area contributed by atoms with Crippen LogP contribution in [0.5, 0.6) is 0 Å². The first-order chi connectivity index (χ1) is 8.57. The molecule has 0 unspecified atom stereocenters. The minimum absolute atomic E-state index is 0. The Bertz CT molecular complexity index is 495. The van der Waals surface area contributed by atoms with Crippen molar-refractivity contribution in [2.24, 2.45) is 0 Å². The summed E-state index contributed by atoms with van der Waals surface area (Å²) in [5.74, 6) is 0. The molecule has 8 heteroatoms. The monoisotopic (exact) mass is 308 g/mol. The number of nitrogens with zero attached hydrogens (tertiary/aromatic N) is 3. The Balaban J connectivity index is 0.00000180. The maximum absolute atomic E-state index is 12.3. The number of aryl methyl sites for hydroxylation is 1. The second kappa shape index (κ2) is 6.69. The van der Waals surface area contributed by atoms with Crippen molar-refractivity contribution < 1.29 is 8.42 Å². The van der Waals surface area contributed by atoms with Crippen LogP contribution in [-0.2, 0) is 16.6 Å². The van der Waals surface area contributed by atoms with E-state index < -0.39 is 10.0 Å². The quantitative estimate of drug-likeness (QED) is 0.889. The van der Waals surface area contributed by atoms with Gasteiger partial charge < -0.3 is 9.88 Å². The fourth-order valence-corrected chi connectivity index (χ4v) is 3.57. The largest absolute Gasteiger partial charge is 0.336 e. The van der Waals surface area contributed by atoms with Gasteiger partial charge in [-0.3, -0.25) is 0 Å². The summed E-state index contributed by atoms with van der Waals surface area (Å²) in [7, 11) is -1.49. The highest BCUT2D eigenvalue weighted by Crippen LogP contribution is 2.19. The average Bonchev–Trinajstić information content (AvgIpc) is 2.88. The number of imidazole rings is 1. The Morgan fingerprint density at radius 3 is 2.53 bits per heavy atom. The van der Waals surface area contributed by atoms with Crippen LogP contribution in [0.3, 0.4) is 0 Å². The van der Waals surface area contributed by atoms with Crippen molar-refractivity contribution in [1.82, 2.24) is 19.2 Å². The number of halogens is 1. The molecule has 0 spiro atoms. The highest BCUT2D eigenvalue weighted by Gasteiger charge is 2.30. The van der Waals surface area contributed by atoms with Crippen molar-refractivity contribution in [1.29, 1.82) is 0 Å². The lowest BCUT2D eigenvalue weighted by atomic mass is 10.1. The number of sulfonamides is 1. The molecule has 1 aliphatic heterocycles. The minimum atomic E-state index is -3.41. The summed E-state index contributed by atoms with van der Waals surface area (Å²) >= 11 is 0. The van der Waals surface area contributed by atoms with Crippen LogP contribution < -0.4 is 5.32 Å². The van der Waals surface area contributed by atoms with E-state index in [4.69, 9.17) is 0 Å². The maximum atomic E-state index is 12.3. The summed E-state index contributed by atoms with van der Waals surface area (Å²) < 4.78 is 28.0. The van der Waals surface area contributed by atoms with Gasteiger partial charge >= 0.3 is 0 Å². The Labute approximate surface area is 120 Å². The molecular formula is C11H21ClN4O2S. The summed E-state index contributed by atoms with van der Waals surface area (Å²) in [6, 6.07) is 0.421. The van der Waals surface area contributed by atoms with Crippen molar-refractivity contribution in [3.05, 3.63) is 12.5 Å². The molecule has 2 heterocycles. The Hall–Kier alpha value is -0.630. The number of piperidine rings is 1. The van der Waals surface area contributed by atoms with Crippen LogP contribution in [0.15, 0.2) is 17.6 Å². The second-order valence-electron chi connectivity index (χ2n) is 4.51. The number of aromatic nitrogens is 2. The van der Waals surface area contributed by atoms with Gasteiger partial charge in [-0.2, -0.15) is 4.31 Å². The molecule has 2 rings (SSSR count). The number of hydrogen-bond acceptors (Lipinski definition) is 4. The third-order valence-electron chi connectivity index (χ3n) is 3.44. The van der Waals surface area contributed by atoms with Gasteiger partial charge in [-0.05, 0) is 26.8 Å². The van der Waals surface area contributed by atoms with Crippen LogP contribution in [-0.4, -0.2) is 48.5 Å². The third kappa shape index (κ3) is 3.47. The van der Waals surface area contributed by atoms with Crippen molar-refractivity contribution in [2.45, 2.75) is 37.4 Å². The molecular weight excluding hydrogens is 288 g/mol. The molecule has 1 aromatic rings. The highest BCUT2D eigenvalue weighted by molar-refractivity contribution is 7.89. The third-order valence-corrected chi connectivity index (χ3v) is 5.23. The predicted molar refractivity (Wildman–Crippen MR) is 76.0 cm³/mol. The van der Waals surface area contributed by atoms with E-state index in [1.165, 1.54) is 4.31 Å². The maximum Gasteiger partial charge on any atom is 0.262 e. The highest BCUT2D eigenvalue weighted by atomic mass is 35.5. The van der Waals surface area contributed by atoms with Crippen LogP contribution >= 0.6 is 12.4 Å². The van der Waals surface area contributed by atoms with Gasteiger partial charge in [0.25, 0.3) is 10.0 Å². The van der Waals surface area contributed by atoms with Gasteiger partial charge in [-0.1, -0.05) is 0 Å². The molecule has 0 saturated carbocycles. The first-order valence-corrected chi connectivity index (χ1v) is 7.71. The van der Waals surface area contributed by atoms with E-state index in [0.717, 1.165) is 19.4 Å². The zero-order chi connectivity index (χ0) is 13.2. The second-order valence-corrected chi connectivity index (χ2v) is 6.39. The SMILES string of the molecule is CCn1cnc(S(=O)(=O)N2CCC(NC)CC2)c1.Cl. The van der Waals surface area contributed by atoms with Gasteiger partial charge in [-0.25, -0.2) is 13.4 Å². The van der Waals surface area contributed by atoms with E-state index in [9.17, 15) is 8.42 Å². The van der Waals surface area contributed by atoms with E-state index in [-0.39, 0.29) is 17.4 Å². The minimum Gasteiger partial charge on any atom is -0.336 e. The number of nitrogens with one attached hydrogen (secondary N) is 1. The Morgan fingerprint density at radius 1 is 1.42 bits per heavy atom. The van der Waals surface area contributed by atoms with Crippen LogP contribution in [0.25, 0.3) is 0 Å². The van der Waals surface area contributed by atoms with Gasteiger partial charge in [0.2, 0.25) is 0 Å². The van der Waals surface area contributed by atoms with E-state index in [2.05, 4.69) is 10.3 Å². The lowest BCUT2D eigenvalue weighted by Gasteiger charge is -2.30. The fourth-order valence-electron chi connectivity index (χ4n) is 2.16. The molecule has 0 amide bonds. The standard InChI is InChI=1S/C11H20N4O2S.ClH/c1-3-14-8-11(13-9-14)18(16,17)15-6-4-10(12-2)5-7-15;/h8-10,12H,3-7H2,1-2H3;1H. The molecule has 1 aromatic heterocycles. The topological polar surface area (TPSA) is 67.2 Å². The summed E-state index contributed by atoms with van der Waals surface area (Å²) in [6.07, 6.45) is 4.86. The van der Waals surface area contributed by atoms with Crippen molar-refractivity contribution in [3.8, 4) is 0 Å². The van der Waals surface area contributed by atoms with Gasteiger partial charge in [0.15, 0.2) is 5.03 Å². The molecule has 1 fully saturated rings. The lowest BCUT2D eigenvalue weighted by molar-refractivity contribution is 0.298. The molecule has 1 N–H and O–H groups in total. The molecule has 6 nitrogen and oxygen atoms in total. The zero-order valence-corrected chi connectivity index (χ0v) is 12.9. The van der Waals surface area contributed by atoms with E-state index in [0.29, 0.717) is 19.1 Å². The lowest BCUT2D eigenvalue weighted by Crippen LogP contribution is -2.43. The molecule has 19 heavy (non-hydrogen) atoms. The number of rotatable bonds is 4. The van der Waals surface area contributed by atoms with Crippen LogP contribution in [0.2, 0.25) is 0 Å². The summed E-state index contributed by atoms with van der Waals surface area (Å²) in [5, 5.41) is 3.35. The first kappa shape index (κ1) is 16.4. The zero-order valence-electron chi connectivity index (χ0n) is 11.2. The first-order valence-electron chi connectivity index (χ1n) is 6.27. The van der Waals surface area contributed by atoms with Crippen LogP contribution in [0.1, 0.15) is 19.8 Å². The Kier molecular flexibility index (Phi) is 5.79. The van der Waals surface area contributed by atoms with Crippen molar-refractivity contribution in [3.63, 3.8) is 0 Å². The molecule has 0 bridgehead atoms. The molecule has 1 aliphatic rings. The van der Waals surface area contributed by atoms with Gasteiger partial charge in [-0.15, -0.1) is 12.4 Å². The van der Waals surface area contributed by atoms with Gasteiger partial charge in [0.1, 0.15) is 0 Å². The van der Waals surface area contributed by atoms with Crippen LogP contribution in [0, 0.1) is 0 Å². The van der Waals surface area contributed by atoms with Gasteiger partial charge in [0, 0.05) is 31.9 Å². The van der Waals surface area contributed by atoms with Crippen LogP contribution in [0.4, 0.5) is 0 Å².